The van der Waals surface area contributed by atoms with Gasteiger partial charge in [0, 0.05) is 21.2 Å². The van der Waals surface area contributed by atoms with Gasteiger partial charge in [-0.15, -0.1) is 0 Å². The first-order valence-corrected chi connectivity index (χ1v) is 7.29. The molecule has 3 N–H and O–H groups in total. The zero-order valence-corrected chi connectivity index (χ0v) is 12.7. The molecule has 0 aliphatic carbocycles. The van der Waals surface area contributed by atoms with Crippen molar-refractivity contribution in [1.29, 1.82) is 0 Å². The maximum absolute atomic E-state index is 12.4. The Morgan fingerprint density at radius 3 is 2.33 bits per heavy atom. The van der Waals surface area contributed by atoms with E-state index >= 15 is 0 Å². The van der Waals surface area contributed by atoms with Crippen LogP contribution < -0.4 is 11.1 Å². The zero-order valence-electron chi connectivity index (χ0n) is 11.1. The van der Waals surface area contributed by atoms with Crippen molar-refractivity contribution in [2.45, 2.75) is 0 Å². The minimum Gasteiger partial charge on any atom is -0.398 e. The number of para-hydroxylation sites is 1. The smallest absolute Gasteiger partial charge is 0.257 e. The Morgan fingerprint density at radius 1 is 0.905 bits per heavy atom. The summed E-state index contributed by atoms with van der Waals surface area (Å²) in [6, 6.07) is 18.7. The molecular formula is C17H13BrN2O. The lowest BCUT2D eigenvalue weighted by atomic mass is 10.1. The number of hydrogen-bond donors (Lipinski definition) is 2. The number of nitrogens with two attached hydrogens (primary N) is 1. The van der Waals surface area contributed by atoms with Crippen molar-refractivity contribution in [3.8, 4) is 0 Å². The summed E-state index contributed by atoms with van der Waals surface area (Å²) in [6.07, 6.45) is 0. The van der Waals surface area contributed by atoms with Crippen molar-refractivity contribution >= 4 is 44.0 Å². The van der Waals surface area contributed by atoms with Gasteiger partial charge in [0.1, 0.15) is 0 Å². The molecule has 0 bridgehead atoms. The molecule has 0 radical (unpaired) electrons. The van der Waals surface area contributed by atoms with E-state index in [2.05, 4.69) is 21.2 Å². The van der Waals surface area contributed by atoms with Gasteiger partial charge in [-0.3, -0.25) is 4.79 Å². The largest absolute Gasteiger partial charge is 0.398 e. The van der Waals surface area contributed by atoms with Crippen LogP contribution in [0.1, 0.15) is 10.4 Å². The maximum atomic E-state index is 12.4. The van der Waals surface area contributed by atoms with Crippen LogP contribution in [0.5, 0.6) is 0 Å². The van der Waals surface area contributed by atoms with Crippen LogP contribution in [0.15, 0.2) is 65.1 Å². The number of amides is 1. The molecule has 0 saturated carbocycles. The highest BCUT2D eigenvalue weighted by Gasteiger charge is 2.11. The Hall–Kier alpha value is -2.33. The molecule has 3 nitrogen and oxygen atoms in total. The Morgan fingerprint density at radius 2 is 1.57 bits per heavy atom. The van der Waals surface area contributed by atoms with Gasteiger partial charge in [-0.05, 0) is 29.7 Å². The quantitative estimate of drug-likeness (QED) is 0.677. The molecule has 3 aromatic rings. The lowest BCUT2D eigenvalue weighted by Crippen LogP contribution is -2.14. The second kappa shape index (κ2) is 5.58. The molecule has 0 spiro atoms. The maximum Gasteiger partial charge on any atom is 0.257 e. The third-order valence-corrected chi connectivity index (χ3v) is 4.02. The molecule has 0 unspecified atom stereocenters. The van der Waals surface area contributed by atoms with E-state index in [4.69, 9.17) is 5.73 Å². The number of benzene rings is 3. The normalized spacial score (nSPS) is 10.5. The van der Waals surface area contributed by atoms with E-state index in [-0.39, 0.29) is 5.91 Å². The molecule has 0 fully saturated rings. The first-order chi connectivity index (χ1) is 10.2. The van der Waals surface area contributed by atoms with Crippen molar-refractivity contribution in [2.75, 3.05) is 11.1 Å². The second-order valence-corrected chi connectivity index (χ2v) is 5.54. The van der Waals surface area contributed by atoms with E-state index in [9.17, 15) is 4.79 Å². The summed E-state index contributed by atoms with van der Waals surface area (Å²) in [5.74, 6) is -0.208. The van der Waals surface area contributed by atoms with Gasteiger partial charge in [-0.25, -0.2) is 0 Å². The van der Waals surface area contributed by atoms with Crippen LogP contribution in [0.4, 0.5) is 11.4 Å². The number of halogens is 1. The fourth-order valence-electron chi connectivity index (χ4n) is 2.26. The van der Waals surface area contributed by atoms with Crippen LogP contribution in [0.2, 0.25) is 0 Å². The van der Waals surface area contributed by atoms with Gasteiger partial charge in [0.25, 0.3) is 5.91 Å². The second-order valence-electron chi connectivity index (χ2n) is 4.68. The van der Waals surface area contributed by atoms with Gasteiger partial charge in [-0.1, -0.05) is 52.3 Å². The Labute approximate surface area is 130 Å². The molecule has 3 rings (SSSR count). The highest BCUT2D eigenvalue weighted by molar-refractivity contribution is 9.10. The molecule has 0 aromatic heterocycles. The SMILES string of the molecule is Nc1ccccc1C(=O)Nc1ccc(Br)c2ccccc12. The first kappa shape index (κ1) is 13.6. The Balaban J connectivity index is 2.01. The predicted octanol–water partition coefficient (Wildman–Crippen LogP) is 4.44. The van der Waals surface area contributed by atoms with Crippen molar-refractivity contribution in [3.05, 3.63) is 70.7 Å². The zero-order chi connectivity index (χ0) is 14.8. The third-order valence-electron chi connectivity index (χ3n) is 3.32. The van der Waals surface area contributed by atoms with E-state index in [0.29, 0.717) is 11.3 Å². The molecule has 0 atom stereocenters. The van der Waals surface area contributed by atoms with Crippen LogP contribution in [0, 0.1) is 0 Å². The molecule has 1 amide bonds. The number of carbonyl (C=O) groups excluding carboxylic acids is 1. The molecule has 4 heteroatoms. The van der Waals surface area contributed by atoms with Crippen molar-refractivity contribution in [2.24, 2.45) is 0 Å². The lowest BCUT2D eigenvalue weighted by Gasteiger charge is -2.11. The number of carbonyl (C=O) groups is 1. The monoisotopic (exact) mass is 340 g/mol. The summed E-state index contributed by atoms with van der Waals surface area (Å²) < 4.78 is 0.996. The van der Waals surface area contributed by atoms with Crippen LogP contribution in [0.3, 0.4) is 0 Å². The topological polar surface area (TPSA) is 55.1 Å². The van der Waals surface area contributed by atoms with Gasteiger partial charge in [0.2, 0.25) is 0 Å². The Kier molecular flexibility index (Phi) is 3.62. The molecule has 0 saturated heterocycles. The summed E-state index contributed by atoms with van der Waals surface area (Å²) in [4.78, 5) is 12.4. The first-order valence-electron chi connectivity index (χ1n) is 6.50. The minimum absolute atomic E-state index is 0.208. The van der Waals surface area contributed by atoms with Gasteiger partial charge < -0.3 is 11.1 Å². The summed E-state index contributed by atoms with van der Waals surface area (Å²) in [6.45, 7) is 0. The molecule has 104 valence electrons. The molecule has 21 heavy (non-hydrogen) atoms. The molecule has 0 aliphatic rings. The summed E-state index contributed by atoms with van der Waals surface area (Å²) in [5, 5.41) is 4.96. The van der Waals surface area contributed by atoms with E-state index < -0.39 is 0 Å². The fourth-order valence-corrected chi connectivity index (χ4v) is 2.74. The minimum atomic E-state index is -0.208. The standard InChI is InChI=1S/C17H13BrN2O/c18-14-9-10-16(12-6-2-1-5-11(12)14)20-17(21)13-7-3-4-8-15(13)19/h1-10H,19H2,(H,20,21). The Bertz CT molecular complexity index is 830. The molecule has 0 heterocycles. The van der Waals surface area contributed by atoms with Gasteiger partial charge in [-0.2, -0.15) is 0 Å². The van der Waals surface area contributed by atoms with Gasteiger partial charge in [0.05, 0.1) is 5.56 Å². The highest BCUT2D eigenvalue weighted by Crippen LogP contribution is 2.30. The van der Waals surface area contributed by atoms with Crippen LogP contribution in [-0.4, -0.2) is 5.91 Å². The number of anilines is 2. The number of rotatable bonds is 2. The predicted molar refractivity (Wildman–Crippen MR) is 90.5 cm³/mol. The summed E-state index contributed by atoms with van der Waals surface area (Å²) in [7, 11) is 0. The molecular weight excluding hydrogens is 328 g/mol. The van der Waals surface area contributed by atoms with Gasteiger partial charge >= 0.3 is 0 Å². The molecule has 3 aromatic carbocycles. The van der Waals surface area contributed by atoms with Crippen molar-refractivity contribution in [3.63, 3.8) is 0 Å². The number of fused-ring (bicyclic) bond motifs is 1. The average Bonchev–Trinajstić information content (AvgIpc) is 2.51. The third kappa shape index (κ3) is 2.62. The lowest BCUT2D eigenvalue weighted by molar-refractivity contribution is 0.102. The highest BCUT2D eigenvalue weighted by atomic mass is 79.9. The fraction of sp³-hybridized carbons (Fsp3) is 0. The van der Waals surface area contributed by atoms with E-state index in [1.807, 2.05) is 36.4 Å². The van der Waals surface area contributed by atoms with E-state index in [1.165, 1.54) is 0 Å². The summed E-state index contributed by atoms with van der Waals surface area (Å²) >= 11 is 3.52. The molecule has 0 aliphatic heterocycles. The van der Waals surface area contributed by atoms with Crippen LogP contribution in [0.25, 0.3) is 10.8 Å². The van der Waals surface area contributed by atoms with E-state index in [0.717, 1.165) is 20.9 Å². The van der Waals surface area contributed by atoms with Crippen molar-refractivity contribution < 1.29 is 4.79 Å². The summed E-state index contributed by atoms with van der Waals surface area (Å²) in [5.41, 5.74) is 7.55. The number of nitrogen functional groups attached to an aromatic ring is 1. The van der Waals surface area contributed by atoms with Crippen molar-refractivity contribution in [1.82, 2.24) is 0 Å². The average molecular weight is 341 g/mol. The number of nitrogens with one attached hydrogen (secondary N) is 1. The van der Waals surface area contributed by atoms with E-state index in [1.54, 1.807) is 24.3 Å². The van der Waals surface area contributed by atoms with Crippen LogP contribution >= 0.6 is 15.9 Å². The number of hydrogen-bond acceptors (Lipinski definition) is 2. The van der Waals surface area contributed by atoms with Crippen LogP contribution in [-0.2, 0) is 0 Å². The van der Waals surface area contributed by atoms with Gasteiger partial charge in [0.15, 0.2) is 0 Å².